The van der Waals surface area contributed by atoms with E-state index in [9.17, 15) is 9.90 Å². The first-order chi connectivity index (χ1) is 7.70. The van der Waals surface area contributed by atoms with Crippen molar-refractivity contribution in [1.29, 1.82) is 5.41 Å². The minimum Gasteiger partial charge on any atom is -0.507 e. The van der Waals surface area contributed by atoms with E-state index in [1.807, 2.05) is 6.07 Å². The van der Waals surface area contributed by atoms with Crippen molar-refractivity contribution < 1.29 is 5.11 Å². The van der Waals surface area contributed by atoms with Crippen LogP contribution in [0.25, 0.3) is 0 Å². The molecule has 4 nitrogen and oxygen atoms in total. The summed E-state index contributed by atoms with van der Waals surface area (Å²) < 4.78 is 0. The lowest BCUT2D eigenvalue weighted by Gasteiger charge is -2.04. The third-order valence-corrected chi connectivity index (χ3v) is 2.25. The SMILES string of the molecule is N=C(c1ccccc1)c1c(O)cc[nH]c1=O. The van der Waals surface area contributed by atoms with Crippen molar-refractivity contribution in [3.05, 3.63) is 64.1 Å². The predicted molar refractivity (Wildman–Crippen MR) is 61.1 cm³/mol. The van der Waals surface area contributed by atoms with E-state index in [1.165, 1.54) is 12.3 Å². The van der Waals surface area contributed by atoms with Gasteiger partial charge < -0.3 is 10.1 Å². The van der Waals surface area contributed by atoms with Crippen LogP contribution in [0.2, 0.25) is 0 Å². The number of rotatable bonds is 2. The van der Waals surface area contributed by atoms with Crippen LogP contribution in [0, 0.1) is 5.41 Å². The Morgan fingerprint density at radius 2 is 1.88 bits per heavy atom. The van der Waals surface area contributed by atoms with Gasteiger partial charge in [0.15, 0.2) is 0 Å². The molecule has 0 aliphatic heterocycles. The van der Waals surface area contributed by atoms with Gasteiger partial charge in [-0.25, -0.2) is 0 Å². The molecule has 16 heavy (non-hydrogen) atoms. The maximum atomic E-state index is 11.5. The van der Waals surface area contributed by atoms with E-state index < -0.39 is 5.56 Å². The van der Waals surface area contributed by atoms with E-state index in [0.717, 1.165) is 0 Å². The van der Waals surface area contributed by atoms with Gasteiger partial charge in [0.25, 0.3) is 5.56 Å². The molecule has 0 amide bonds. The molecule has 80 valence electrons. The second kappa shape index (κ2) is 4.02. The zero-order chi connectivity index (χ0) is 11.5. The highest BCUT2D eigenvalue weighted by Gasteiger charge is 2.13. The number of pyridine rings is 1. The molecule has 3 N–H and O–H groups in total. The maximum Gasteiger partial charge on any atom is 0.261 e. The molecule has 0 aliphatic rings. The fourth-order valence-electron chi connectivity index (χ4n) is 1.46. The van der Waals surface area contributed by atoms with Crippen molar-refractivity contribution in [2.75, 3.05) is 0 Å². The zero-order valence-corrected chi connectivity index (χ0v) is 8.40. The number of aromatic hydroxyl groups is 1. The Morgan fingerprint density at radius 1 is 1.19 bits per heavy atom. The Morgan fingerprint density at radius 3 is 2.50 bits per heavy atom. The molecule has 0 saturated heterocycles. The number of hydrogen-bond acceptors (Lipinski definition) is 3. The molecule has 2 rings (SSSR count). The van der Waals surface area contributed by atoms with Crippen molar-refractivity contribution in [3.63, 3.8) is 0 Å². The highest BCUT2D eigenvalue weighted by molar-refractivity contribution is 6.12. The molecule has 0 saturated carbocycles. The summed E-state index contributed by atoms with van der Waals surface area (Å²) in [6.45, 7) is 0. The molecule has 0 fully saturated rings. The Bertz CT molecular complexity index is 573. The topological polar surface area (TPSA) is 76.9 Å². The number of benzene rings is 1. The quantitative estimate of drug-likeness (QED) is 0.662. The molecule has 0 bridgehead atoms. The average molecular weight is 214 g/mol. The third kappa shape index (κ3) is 1.72. The van der Waals surface area contributed by atoms with Crippen LogP contribution in [0.1, 0.15) is 11.1 Å². The van der Waals surface area contributed by atoms with Crippen molar-refractivity contribution >= 4 is 5.71 Å². The lowest BCUT2D eigenvalue weighted by atomic mass is 10.0. The van der Waals surface area contributed by atoms with Gasteiger partial charge in [-0.05, 0) is 6.07 Å². The molecular formula is C12H10N2O2. The van der Waals surface area contributed by atoms with Crippen LogP contribution in [0.3, 0.4) is 0 Å². The summed E-state index contributed by atoms with van der Waals surface area (Å²) in [4.78, 5) is 13.9. The van der Waals surface area contributed by atoms with Gasteiger partial charge in [-0.3, -0.25) is 10.2 Å². The number of H-pyrrole nitrogens is 1. The summed E-state index contributed by atoms with van der Waals surface area (Å²) in [5, 5.41) is 17.4. The molecule has 1 heterocycles. The van der Waals surface area contributed by atoms with E-state index >= 15 is 0 Å². The van der Waals surface area contributed by atoms with Crippen LogP contribution in [-0.4, -0.2) is 15.8 Å². The summed E-state index contributed by atoms with van der Waals surface area (Å²) in [5.74, 6) is -0.183. The molecule has 2 aromatic rings. The molecular weight excluding hydrogens is 204 g/mol. The molecule has 0 unspecified atom stereocenters. The third-order valence-electron chi connectivity index (χ3n) is 2.25. The normalized spacial score (nSPS) is 10.0. The fourth-order valence-corrected chi connectivity index (χ4v) is 1.46. The van der Waals surface area contributed by atoms with Crippen molar-refractivity contribution in [2.24, 2.45) is 0 Å². The highest BCUT2D eigenvalue weighted by Crippen LogP contribution is 2.15. The van der Waals surface area contributed by atoms with E-state index in [-0.39, 0.29) is 17.0 Å². The van der Waals surface area contributed by atoms with Crippen LogP contribution >= 0.6 is 0 Å². The van der Waals surface area contributed by atoms with E-state index in [2.05, 4.69) is 4.98 Å². The fraction of sp³-hybridized carbons (Fsp3) is 0. The lowest BCUT2D eigenvalue weighted by molar-refractivity contribution is 0.472. The number of hydrogen-bond donors (Lipinski definition) is 3. The monoisotopic (exact) mass is 214 g/mol. The zero-order valence-electron chi connectivity index (χ0n) is 8.40. The Hall–Kier alpha value is -2.36. The van der Waals surface area contributed by atoms with Gasteiger partial charge in [-0.15, -0.1) is 0 Å². The first kappa shape index (κ1) is 10.2. The van der Waals surface area contributed by atoms with E-state index in [1.54, 1.807) is 24.3 Å². The molecule has 0 aliphatic carbocycles. The summed E-state index contributed by atoms with van der Waals surface area (Å²) in [6, 6.07) is 10.2. The van der Waals surface area contributed by atoms with Gasteiger partial charge in [0.2, 0.25) is 0 Å². The Kier molecular flexibility index (Phi) is 2.55. The standard InChI is InChI=1S/C12H10N2O2/c13-11(8-4-2-1-3-5-8)10-9(15)6-7-14-12(10)16/h1-7,13H,(H2,14,15,16). The van der Waals surface area contributed by atoms with E-state index in [4.69, 9.17) is 5.41 Å². The van der Waals surface area contributed by atoms with Gasteiger partial charge >= 0.3 is 0 Å². The first-order valence-electron chi connectivity index (χ1n) is 4.75. The van der Waals surface area contributed by atoms with Gasteiger partial charge in [-0.1, -0.05) is 30.3 Å². The minimum absolute atomic E-state index is 0.00583. The average Bonchev–Trinajstić information content (AvgIpc) is 2.30. The summed E-state index contributed by atoms with van der Waals surface area (Å²) >= 11 is 0. The molecule has 1 aromatic carbocycles. The summed E-state index contributed by atoms with van der Waals surface area (Å²) in [7, 11) is 0. The van der Waals surface area contributed by atoms with E-state index in [0.29, 0.717) is 5.56 Å². The van der Waals surface area contributed by atoms with Crippen molar-refractivity contribution in [3.8, 4) is 5.75 Å². The Labute approximate surface area is 91.7 Å². The van der Waals surface area contributed by atoms with Crippen LogP contribution in [0.5, 0.6) is 5.75 Å². The lowest BCUT2D eigenvalue weighted by Crippen LogP contribution is -2.17. The largest absolute Gasteiger partial charge is 0.507 e. The van der Waals surface area contributed by atoms with Crippen LogP contribution in [0.4, 0.5) is 0 Å². The van der Waals surface area contributed by atoms with Crippen molar-refractivity contribution in [2.45, 2.75) is 0 Å². The molecule has 1 aromatic heterocycles. The molecule has 0 radical (unpaired) electrons. The van der Waals surface area contributed by atoms with Gasteiger partial charge in [0.1, 0.15) is 11.3 Å². The van der Waals surface area contributed by atoms with Gasteiger partial charge in [-0.2, -0.15) is 0 Å². The Balaban J connectivity index is 2.55. The van der Waals surface area contributed by atoms with Crippen LogP contribution in [-0.2, 0) is 0 Å². The molecule has 4 heteroatoms. The maximum absolute atomic E-state index is 11.5. The van der Waals surface area contributed by atoms with Gasteiger partial charge in [0.05, 0.1) is 5.71 Å². The van der Waals surface area contributed by atoms with Crippen LogP contribution < -0.4 is 5.56 Å². The first-order valence-corrected chi connectivity index (χ1v) is 4.75. The minimum atomic E-state index is -0.464. The van der Waals surface area contributed by atoms with Crippen molar-refractivity contribution in [1.82, 2.24) is 4.98 Å². The predicted octanol–water partition coefficient (Wildman–Crippen LogP) is 1.50. The molecule has 0 spiro atoms. The summed E-state index contributed by atoms with van der Waals surface area (Å²) in [6.07, 6.45) is 1.35. The smallest absolute Gasteiger partial charge is 0.261 e. The molecule has 0 atom stereocenters. The van der Waals surface area contributed by atoms with Crippen LogP contribution in [0.15, 0.2) is 47.4 Å². The summed E-state index contributed by atoms with van der Waals surface area (Å²) in [5.41, 5.74) is 0.136. The number of aromatic amines is 1. The second-order valence-corrected chi connectivity index (χ2v) is 3.31. The number of aromatic nitrogens is 1. The second-order valence-electron chi connectivity index (χ2n) is 3.31. The highest BCUT2D eigenvalue weighted by atomic mass is 16.3. The van der Waals surface area contributed by atoms with Gasteiger partial charge in [0, 0.05) is 11.8 Å². The number of nitrogens with one attached hydrogen (secondary N) is 2.